The van der Waals surface area contributed by atoms with E-state index < -0.39 is 39.8 Å². The van der Waals surface area contributed by atoms with Gasteiger partial charge >= 0.3 is 12.3 Å². The van der Waals surface area contributed by atoms with E-state index in [1.54, 1.807) is 0 Å². The van der Waals surface area contributed by atoms with Gasteiger partial charge in [0, 0.05) is 4.47 Å². The standard InChI is InChI=1S/C8H2BrF5O3/c9-2-1-3(10)6(17-8(12,13)14)5(11)4(2)7(15)16/h1H,(H,15,16). The molecule has 0 saturated carbocycles. The Hall–Kier alpha value is -1.38. The molecule has 1 N–H and O–H groups in total. The van der Waals surface area contributed by atoms with Crippen LogP contribution in [0.1, 0.15) is 10.4 Å². The molecule has 17 heavy (non-hydrogen) atoms. The molecule has 0 fully saturated rings. The molecule has 0 unspecified atom stereocenters. The molecule has 94 valence electrons. The molecule has 0 aliphatic heterocycles. The fraction of sp³-hybridized carbons (Fsp3) is 0.125. The molecule has 0 aliphatic rings. The van der Waals surface area contributed by atoms with Crippen LogP contribution in [0, 0.1) is 11.6 Å². The van der Waals surface area contributed by atoms with Crippen LogP contribution in [0.3, 0.4) is 0 Å². The van der Waals surface area contributed by atoms with Gasteiger partial charge in [0.25, 0.3) is 0 Å². The zero-order valence-corrected chi connectivity index (χ0v) is 9.19. The molecule has 1 rings (SSSR count). The van der Waals surface area contributed by atoms with Gasteiger partial charge in [-0.2, -0.15) is 0 Å². The third-order valence-electron chi connectivity index (χ3n) is 1.56. The number of carboxylic acids is 1. The first kappa shape index (κ1) is 13.7. The van der Waals surface area contributed by atoms with Gasteiger partial charge in [-0.25, -0.2) is 13.6 Å². The van der Waals surface area contributed by atoms with E-state index in [0.29, 0.717) is 6.07 Å². The predicted molar refractivity (Wildman–Crippen MR) is 47.7 cm³/mol. The highest BCUT2D eigenvalue weighted by Crippen LogP contribution is 2.34. The molecule has 0 atom stereocenters. The Balaban J connectivity index is 3.41. The summed E-state index contributed by atoms with van der Waals surface area (Å²) in [6, 6.07) is 0.369. The molecule has 0 radical (unpaired) electrons. The minimum atomic E-state index is -5.33. The van der Waals surface area contributed by atoms with Gasteiger partial charge in [0.2, 0.25) is 5.75 Å². The summed E-state index contributed by atoms with van der Waals surface area (Å²) < 4.78 is 64.3. The maximum atomic E-state index is 13.3. The van der Waals surface area contributed by atoms with Gasteiger partial charge in [0.1, 0.15) is 5.56 Å². The van der Waals surface area contributed by atoms with Crippen LogP contribution in [-0.4, -0.2) is 17.4 Å². The number of ether oxygens (including phenoxy) is 1. The van der Waals surface area contributed by atoms with Crippen molar-refractivity contribution < 1.29 is 36.6 Å². The first-order chi connectivity index (χ1) is 7.63. The van der Waals surface area contributed by atoms with E-state index in [9.17, 15) is 26.7 Å². The molecule has 9 heteroatoms. The molecule has 0 aromatic heterocycles. The molecule has 0 amide bonds. The van der Waals surface area contributed by atoms with Crippen molar-refractivity contribution in [2.24, 2.45) is 0 Å². The fourth-order valence-electron chi connectivity index (χ4n) is 0.978. The van der Waals surface area contributed by atoms with Crippen molar-refractivity contribution in [3.8, 4) is 5.75 Å². The second-order valence-electron chi connectivity index (χ2n) is 2.71. The summed E-state index contributed by atoms with van der Waals surface area (Å²) in [6.45, 7) is 0. The predicted octanol–water partition coefficient (Wildman–Crippen LogP) is 3.32. The van der Waals surface area contributed by atoms with Gasteiger partial charge in [0.05, 0.1) is 0 Å². The van der Waals surface area contributed by atoms with Crippen molar-refractivity contribution in [1.82, 2.24) is 0 Å². The minimum Gasteiger partial charge on any atom is -0.478 e. The third kappa shape index (κ3) is 3.05. The van der Waals surface area contributed by atoms with E-state index in [0.717, 1.165) is 0 Å². The smallest absolute Gasteiger partial charge is 0.478 e. The van der Waals surface area contributed by atoms with Gasteiger partial charge in [-0.15, -0.1) is 13.2 Å². The second-order valence-corrected chi connectivity index (χ2v) is 3.57. The average Bonchev–Trinajstić information content (AvgIpc) is 2.09. The number of carbonyl (C=O) groups is 1. The summed E-state index contributed by atoms with van der Waals surface area (Å²) in [5.74, 6) is -7.28. The van der Waals surface area contributed by atoms with Crippen molar-refractivity contribution >= 4 is 21.9 Å². The topological polar surface area (TPSA) is 46.5 Å². The average molecular weight is 321 g/mol. The van der Waals surface area contributed by atoms with E-state index in [-0.39, 0.29) is 0 Å². The molecule has 0 bridgehead atoms. The van der Waals surface area contributed by atoms with Gasteiger partial charge in [-0.1, -0.05) is 0 Å². The van der Waals surface area contributed by atoms with Gasteiger partial charge in [-0.3, -0.25) is 0 Å². The number of benzene rings is 1. The highest BCUT2D eigenvalue weighted by atomic mass is 79.9. The maximum absolute atomic E-state index is 13.3. The monoisotopic (exact) mass is 320 g/mol. The first-order valence-corrected chi connectivity index (χ1v) is 4.59. The number of rotatable bonds is 2. The molecule has 1 aromatic carbocycles. The summed E-state index contributed by atoms with van der Waals surface area (Å²) in [7, 11) is 0. The van der Waals surface area contributed by atoms with Crippen LogP contribution in [0.25, 0.3) is 0 Å². The maximum Gasteiger partial charge on any atom is 0.573 e. The normalized spacial score (nSPS) is 11.4. The molecule has 0 heterocycles. The van der Waals surface area contributed by atoms with Crippen molar-refractivity contribution in [1.29, 1.82) is 0 Å². The van der Waals surface area contributed by atoms with Gasteiger partial charge < -0.3 is 9.84 Å². The van der Waals surface area contributed by atoms with E-state index in [1.807, 2.05) is 0 Å². The lowest BCUT2D eigenvalue weighted by Gasteiger charge is -2.12. The number of hydrogen-bond acceptors (Lipinski definition) is 2. The first-order valence-electron chi connectivity index (χ1n) is 3.80. The fourth-order valence-corrected chi connectivity index (χ4v) is 1.52. The number of hydrogen-bond donors (Lipinski definition) is 1. The highest BCUT2D eigenvalue weighted by Gasteiger charge is 2.36. The molecule has 0 aliphatic carbocycles. The van der Waals surface area contributed by atoms with E-state index in [4.69, 9.17) is 5.11 Å². The zero-order chi connectivity index (χ0) is 13.4. The molecule has 3 nitrogen and oxygen atoms in total. The van der Waals surface area contributed by atoms with E-state index >= 15 is 0 Å². The van der Waals surface area contributed by atoms with Crippen LogP contribution in [-0.2, 0) is 0 Å². The van der Waals surface area contributed by atoms with Crippen molar-refractivity contribution in [2.45, 2.75) is 6.36 Å². The summed E-state index contributed by atoms with van der Waals surface area (Å²) in [6.07, 6.45) is -5.33. The van der Waals surface area contributed by atoms with Gasteiger partial charge in [0.15, 0.2) is 11.6 Å². The Morgan fingerprint density at radius 3 is 2.29 bits per heavy atom. The molecule has 1 aromatic rings. The minimum absolute atomic E-state index is 0.369. The number of alkyl halides is 3. The Labute approximate surface area is 98.9 Å². The van der Waals surface area contributed by atoms with Crippen LogP contribution >= 0.6 is 15.9 Å². The van der Waals surface area contributed by atoms with Crippen LogP contribution in [0.15, 0.2) is 10.5 Å². The summed E-state index contributed by atoms with van der Waals surface area (Å²) in [4.78, 5) is 10.5. The highest BCUT2D eigenvalue weighted by molar-refractivity contribution is 9.10. The number of aromatic carboxylic acids is 1. The molecule has 0 spiro atoms. The van der Waals surface area contributed by atoms with Crippen LogP contribution in [0.2, 0.25) is 0 Å². The van der Waals surface area contributed by atoms with Crippen LogP contribution in [0.5, 0.6) is 5.75 Å². The van der Waals surface area contributed by atoms with E-state index in [1.165, 1.54) is 0 Å². The molecular weight excluding hydrogens is 319 g/mol. The van der Waals surface area contributed by atoms with E-state index in [2.05, 4.69) is 20.7 Å². The van der Waals surface area contributed by atoms with Crippen molar-refractivity contribution in [3.63, 3.8) is 0 Å². The lowest BCUT2D eigenvalue weighted by atomic mass is 10.2. The lowest BCUT2D eigenvalue weighted by molar-refractivity contribution is -0.276. The SMILES string of the molecule is O=C(O)c1c(Br)cc(F)c(OC(F)(F)F)c1F. The number of carboxylic acid groups (broad SMARTS) is 1. The Morgan fingerprint density at radius 2 is 1.88 bits per heavy atom. The molecule has 0 saturated heterocycles. The Morgan fingerprint density at radius 1 is 1.35 bits per heavy atom. The zero-order valence-electron chi connectivity index (χ0n) is 7.61. The molecular formula is C8H2BrF5O3. The Kier molecular flexibility index (Phi) is 3.60. The van der Waals surface area contributed by atoms with Crippen molar-refractivity contribution in [2.75, 3.05) is 0 Å². The summed E-state index contributed by atoms with van der Waals surface area (Å²) >= 11 is 2.51. The quantitative estimate of drug-likeness (QED) is 0.850. The third-order valence-corrected chi connectivity index (χ3v) is 2.19. The van der Waals surface area contributed by atoms with Crippen LogP contribution in [0.4, 0.5) is 22.0 Å². The Bertz CT molecular complexity index is 471. The summed E-state index contributed by atoms with van der Waals surface area (Å²) in [5, 5.41) is 8.53. The largest absolute Gasteiger partial charge is 0.573 e. The van der Waals surface area contributed by atoms with Gasteiger partial charge in [-0.05, 0) is 22.0 Å². The number of halogens is 6. The second kappa shape index (κ2) is 4.47. The van der Waals surface area contributed by atoms with Crippen molar-refractivity contribution in [3.05, 3.63) is 27.7 Å². The van der Waals surface area contributed by atoms with Crippen LogP contribution < -0.4 is 4.74 Å². The lowest BCUT2D eigenvalue weighted by Crippen LogP contribution is -2.20. The summed E-state index contributed by atoms with van der Waals surface area (Å²) in [5.41, 5.74) is -1.15.